The van der Waals surface area contributed by atoms with E-state index in [9.17, 15) is 4.79 Å². The Balaban J connectivity index is 2.02. The van der Waals surface area contributed by atoms with Crippen molar-refractivity contribution in [1.82, 2.24) is 4.98 Å². The lowest BCUT2D eigenvalue weighted by Gasteiger charge is -2.09. The van der Waals surface area contributed by atoms with Gasteiger partial charge in [-0.05, 0) is 36.4 Å². The van der Waals surface area contributed by atoms with E-state index in [1.165, 1.54) is 0 Å². The molecule has 1 aromatic carbocycles. The topological polar surface area (TPSA) is 77.8 Å². The molecule has 2 N–H and O–H groups in total. The summed E-state index contributed by atoms with van der Waals surface area (Å²) in [4.78, 5) is 15.7. The van der Waals surface area contributed by atoms with Crippen LogP contribution in [0.2, 0.25) is 0 Å². The average molecular weight is 280 g/mol. The molecule has 2 rings (SSSR count). The van der Waals surface area contributed by atoms with Crippen LogP contribution >= 0.6 is 0 Å². The lowest BCUT2D eigenvalue weighted by atomic mass is 10.2. The molecule has 0 atom stereocenters. The summed E-state index contributed by atoms with van der Waals surface area (Å²) in [6.45, 7) is 3.66. The van der Waals surface area contributed by atoms with Crippen molar-refractivity contribution in [2.24, 2.45) is 5.92 Å². The Labute approximate surface area is 123 Å². The fourth-order valence-electron chi connectivity index (χ4n) is 1.61. The van der Waals surface area contributed by atoms with Crippen molar-refractivity contribution in [2.75, 3.05) is 10.6 Å². The second-order valence-corrected chi connectivity index (χ2v) is 4.89. The van der Waals surface area contributed by atoms with E-state index in [1.54, 1.807) is 24.4 Å². The molecule has 0 aliphatic carbocycles. The SMILES string of the molecule is CC(C)C(=O)Nc1ccc(Nc2ccc(C#N)cc2)cn1. The third-order valence-electron chi connectivity index (χ3n) is 2.84. The first-order chi connectivity index (χ1) is 10.1. The molecule has 1 amide bonds. The summed E-state index contributed by atoms with van der Waals surface area (Å²) in [6, 6.07) is 12.8. The summed E-state index contributed by atoms with van der Waals surface area (Å²) in [6.07, 6.45) is 1.65. The van der Waals surface area contributed by atoms with E-state index < -0.39 is 0 Å². The van der Waals surface area contributed by atoms with Gasteiger partial charge < -0.3 is 10.6 Å². The molecule has 5 nitrogen and oxygen atoms in total. The summed E-state index contributed by atoms with van der Waals surface area (Å²) in [5.74, 6) is 0.387. The van der Waals surface area contributed by atoms with Crippen LogP contribution in [0.5, 0.6) is 0 Å². The van der Waals surface area contributed by atoms with Gasteiger partial charge in [-0.3, -0.25) is 4.79 Å². The zero-order valence-electron chi connectivity index (χ0n) is 11.9. The molecule has 0 spiro atoms. The van der Waals surface area contributed by atoms with Crippen LogP contribution in [0.1, 0.15) is 19.4 Å². The van der Waals surface area contributed by atoms with Crippen LogP contribution in [0.4, 0.5) is 17.2 Å². The molecule has 0 radical (unpaired) electrons. The summed E-state index contributed by atoms with van der Waals surface area (Å²) in [5.41, 5.74) is 2.29. The van der Waals surface area contributed by atoms with Crippen LogP contribution in [0.15, 0.2) is 42.6 Å². The number of hydrogen-bond donors (Lipinski definition) is 2. The van der Waals surface area contributed by atoms with Crippen molar-refractivity contribution in [2.45, 2.75) is 13.8 Å². The molecule has 0 saturated heterocycles. The van der Waals surface area contributed by atoms with Gasteiger partial charge in [0.1, 0.15) is 5.82 Å². The normalized spacial score (nSPS) is 10.0. The van der Waals surface area contributed by atoms with Crippen molar-refractivity contribution < 1.29 is 4.79 Å². The highest BCUT2D eigenvalue weighted by Crippen LogP contribution is 2.17. The predicted octanol–water partition coefficient (Wildman–Crippen LogP) is 3.29. The fraction of sp³-hybridized carbons (Fsp3) is 0.188. The quantitative estimate of drug-likeness (QED) is 0.900. The molecule has 0 saturated carbocycles. The second kappa shape index (κ2) is 6.53. The fourth-order valence-corrected chi connectivity index (χ4v) is 1.61. The minimum atomic E-state index is -0.0803. The van der Waals surface area contributed by atoms with Crippen molar-refractivity contribution in [3.63, 3.8) is 0 Å². The Hall–Kier alpha value is -2.87. The van der Waals surface area contributed by atoms with Gasteiger partial charge in [-0.1, -0.05) is 13.8 Å². The van der Waals surface area contributed by atoms with E-state index in [1.807, 2.05) is 32.0 Å². The lowest BCUT2D eigenvalue weighted by molar-refractivity contribution is -0.118. The van der Waals surface area contributed by atoms with Crippen LogP contribution < -0.4 is 10.6 Å². The Morgan fingerprint density at radius 1 is 1.14 bits per heavy atom. The summed E-state index contributed by atoms with van der Waals surface area (Å²) >= 11 is 0. The van der Waals surface area contributed by atoms with Gasteiger partial charge in [0.15, 0.2) is 0 Å². The van der Waals surface area contributed by atoms with E-state index in [4.69, 9.17) is 5.26 Å². The molecule has 21 heavy (non-hydrogen) atoms. The van der Waals surface area contributed by atoms with Crippen molar-refractivity contribution >= 4 is 23.1 Å². The molecule has 0 aliphatic heterocycles. The number of nitrogens with zero attached hydrogens (tertiary/aromatic N) is 2. The van der Waals surface area contributed by atoms with Gasteiger partial charge in [0.05, 0.1) is 23.5 Å². The number of aromatic nitrogens is 1. The van der Waals surface area contributed by atoms with Crippen LogP contribution in [-0.2, 0) is 4.79 Å². The maximum Gasteiger partial charge on any atom is 0.228 e. The molecule has 2 aromatic rings. The molecule has 106 valence electrons. The van der Waals surface area contributed by atoms with Gasteiger partial charge in [0.2, 0.25) is 5.91 Å². The highest BCUT2D eigenvalue weighted by atomic mass is 16.1. The maximum atomic E-state index is 11.6. The first kappa shape index (κ1) is 14.5. The van der Waals surface area contributed by atoms with Crippen LogP contribution in [-0.4, -0.2) is 10.9 Å². The summed E-state index contributed by atoms with van der Waals surface area (Å²) in [5, 5.41) is 14.7. The van der Waals surface area contributed by atoms with Gasteiger partial charge >= 0.3 is 0 Å². The minimum absolute atomic E-state index is 0.0599. The third-order valence-corrected chi connectivity index (χ3v) is 2.84. The van der Waals surface area contributed by atoms with Gasteiger partial charge in [0.25, 0.3) is 0 Å². The summed E-state index contributed by atoms with van der Waals surface area (Å²) in [7, 11) is 0. The smallest absolute Gasteiger partial charge is 0.228 e. The number of nitriles is 1. The molecule has 0 bridgehead atoms. The van der Waals surface area contributed by atoms with Gasteiger partial charge in [-0.2, -0.15) is 5.26 Å². The molecule has 0 fully saturated rings. The van der Waals surface area contributed by atoms with Crippen molar-refractivity contribution in [3.05, 3.63) is 48.2 Å². The zero-order chi connectivity index (χ0) is 15.2. The van der Waals surface area contributed by atoms with Crippen molar-refractivity contribution in [1.29, 1.82) is 5.26 Å². The molecule has 5 heteroatoms. The van der Waals surface area contributed by atoms with Gasteiger partial charge in [0, 0.05) is 11.6 Å². The number of amides is 1. The van der Waals surface area contributed by atoms with Gasteiger partial charge in [-0.15, -0.1) is 0 Å². The third kappa shape index (κ3) is 4.05. The molecule has 1 heterocycles. The molecule has 1 aromatic heterocycles. The highest BCUT2D eigenvalue weighted by Gasteiger charge is 2.07. The van der Waals surface area contributed by atoms with Crippen molar-refractivity contribution in [3.8, 4) is 6.07 Å². The molecule has 0 aliphatic rings. The molecule has 0 unspecified atom stereocenters. The Bertz CT molecular complexity index is 654. The average Bonchev–Trinajstić information content (AvgIpc) is 2.50. The number of pyridine rings is 1. The second-order valence-electron chi connectivity index (χ2n) is 4.89. The first-order valence-corrected chi connectivity index (χ1v) is 6.62. The molecular formula is C16H16N4O. The lowest BCUT2D eigenvalue weighted by Crippen LogP contribution is -2.18. The number of rotatable bonds is 4. The Morgan fingerprint density at radius 2 is 1.81 bits per heavy atom. The van der Waals surface area contributed by atoms with E-state index in [0.29, 0.717) is 11.4 Å². The van der Waals surface area contributed by atoms with Gasteiger partial charge in [-0.25, -0.2) is 4.98 Å². The predicted molar refractivity (Wildman–Crippen MR) is 82.1 cm³/mol. The van der Waals surface area contributed by atoms with Crippen LogP contribution in [0, 0.1) is 17.2 Å². The number of anilines is 3. The number of hydrogen-bond acceptors (Lipinski definition) is 4. The maximum absolute atomic E-state index is 11.6. The van der Waals surface area contributed by atoms with E-state index >= 15 is 0 Å². The monoisotopic (exact) mass is 280 g/mol. The largest absolute Gasteiger partial charge is 0.354 e. The molecular weight excluding hydrogens is 264 g/mol. The van der Waals surface area contributed by atoms with E-state index in [-0.39, 0.29) is 11.8 Å². The van der Waals surface area contributed by atoms with Crippen LogP contribution in [0.25, 0.3) is 0 Å². The first-order valence-electron chi connectivity index (χ1n) is 6.62. The number of nitrogens with one attached hydrogen (secondary N) is 2. The Kier molecular flexibility index (Phi) is 4.52. The summed E-state index contributed by atoms with van der Waals surface area (Å²) < 4.78 is 0. The number of benzene rings is 1. The number of carbonyl (C=O) groups is 1. The van der Waals surface area contributed by atoms with E-state index in [2.05, 4.69) is 21.7 Å². The Morgan fingerprint density at radius 3 is 2.33 bits per heavy atom. The minimum Gasteiger partial charge on any atom is -0.354 e. The standard InChI is InChI=1S/C16H16N4O/c1-11(2)16(21)20-15-8-7-14(10-18-15)19-13-5-3-12(9-17)4-6-13/h3-8,10-11,19H,1-2H3,(H,18,20,21). The highest BCUT2D eigenvalue weighted by molar-refractivity contribution is 5.91. The van der Waals surface area contributed by atoms with Crippen LogP contribution in [0.3, 0.4) is 0 Å². The number of carbonyl (C=O) groups excluding carboxylic acids is 1. The zero-order valence-corrected chi connectivity index (χ0v) is 11.9. The van der Waals surface area contributed by atoms with E-state index in [0.717, 1.165) is 11.4 Å².